The second-order valence-corrected chi connectivity index (χ2v) is 4.20. The van der Waals surface area contributed by atoms with Gasteiger partial charge in [0.1, 0.15) is 0 Å². The van der Waals surface area contributed by atoms with Crippen molar-refractivity contribution in [1.82, 2.24) is 0 Å². The van der Waals surface area contributed by atoms with E-state index in [-0.39, 0.29) is 6.29 Å². The van der Waals surface area contributed by atoms with E-state index in [0.717, 1.165) is 32.3 Å². The standard InChI is InChI=1S/C13H24O2/c1-3-4-5-6-9-12(2)15-13-10-7-8-11-14-13/h4-5,12-13H,3,6-11H2,1-2H3. The van der Waals surface area contributed by atoms with Crippen molar-refractivity contribution in [3.8, 4) is 0 Å². The molecule has 0 aromatic carbocycles. The van der Waals surface area contributed by atoms with Crippen LogP contribution in [-0.2, 0) is 9.47 Å². The van der Waals surface area contributed by atoms with Crippen LogP contribution in [0.15, 0.2) is 12.2 Å². The van der Waals surface area contributed by atoms with Gasteiger partial charge in [-0.05, 0) is 45.4 Å². The molecule has 0 aromatic rings. The zero-order valence-electron chi connectivity index (χ0n) is 10.1. The maximum absolute atomic E-state index is 5.82. The summed E-state index contributed by atoms with van der Waals surface area (Å²) in [7, 11) is 0. The molecule has 0 spiro atoms. The van der Waals surface area contributed by atoms with Gasteiger partial charge in [0.25, 0.3) is 0 Å². The first kappa shape index (κ1) is 12.7. The molecule has 1 aliphatic rings. The molecule has 1 saturated heterocycles. The van der Waals surface area contributed by atoms with Gasteiger partial charge in [0.05, 0.1) is 6.10 Å². The van der Waals surface area contributed by atoms with E-state index in [1.807, 2.05) is 0 Å². The van der Waals surface area contributed by atoms with Crippen LogP contribution in [0.1, 0.15) is 52.4 Å². The van der Waals surface area contributed by atoms with Gasteiger partial charge in [0.15, 0.2) is 6.29 Å². The van der Waals surface area contributed by atoms with Gasteiger partial charge < -0.3 is 9.47 Å². The molecule has 0 aliphatic carbocycles. The molecule has 0 radical (unpaired) electrons. The van der Waals surface area contributed by atoms with Gasteiger partial charge in [0.2, 0.25) is 0 Å². The smallest absolute Gasteiger partial charge is 0.157 e. The molecule has 88 valence electrons. The zero-order chi connectivity index (χ0) is 10.9. The maximum Gasteiger partial charge on any atom is 0.157 e. The molecule has 0 N–H and O–H groups in total. The van der Waals surface area contributed by atoms with Crippen LogP contribution in [0.5, 0.6) is 0 Å². The van der Waals surface area contributed by atoms with Gasteiger partial charge >= 0.3 is 0 Å². The minimum Gasteiger partial charge on any atom is -0.353 e. The predicted octanol–water partition coefficient (Wildman–Crippen LogP) is 3.66. The summed E-state index contributed by atoms with van der Waals surface area (Å²) in [6.07, 6.45) is 11.7. The lowest BCUT2D eigenvalue weighted by atomic mass is 10.2. The van der Waals surface area contributed by atoms with Gasteiger partial charge in [-0.15, -0.1) is 0 Å². The molecule has 0 aromatic heterocycles. The average Bonchev–Trinajstić information content (AvgIpc) is 2.26. The fraction of sp³-hybridized carbons (Fsp3) is 0.846. The predicted molar refractivity (Wildman–Crippen MR) is 62.8 cm³/mol. The zero-order valence-corrected chi connectivity index (χ0v) is 10.1. The van der Waals surface area contributed by atoms with Crippen molar-refractivity contribution in [3.63, 3.8) is 0 Å². The van der Waals surface area contributed by atoms with Crippen molar-refractivity contribution >= 4 is 0 Å². The fourth-order valence-corrected chi connectivity index (χ4v) is 1.76. The summed E-state index contributed by atoms with van der Waals surface area (Å²) in [5, 5.41) is 0. The number of rotatable bonds is 6. The summed E-state index contributed by atoms with van der Waals surface area (Å²) in [5.74, 6) is 0. The Kier molecular flexibility index (Phi) is 6.69. The molecule has 1 rings (SSSR count). The van der Waals surface area contributed by atoms with Crippen molar-refractivity contribution in [3.05, 3.63) is 12.2 Å². The van der Waals surface area contributed by atoms with Crippen molar-refractivity contribution in [2.75, 3.05) is 6.61 Å². The highest BCUT2D eigenvalue weighted by atomic mass is 16.7. The van der Waals surface area contributed by atoms with Crippen LogP contribution in [0, 0.1) is 0 Å². The minimum absolute atomic E-state index is 0.0592. The SMILES string of the molecule is CCC=CCCC(C)OC1CCCCO1. The lowest BCUT2D eigenvalue weighted by molar-refractivity contribution is -0.185. The number of ether oxygens (including phenoxy) is 2. The summed E-state index contributed by atoms with van der Waals surface area (Å²) in [6.45, 7) is 5.16. The summed E-state index contributed by atoms with van der Waals surface area (Å²) in [5.41, 5.74) is 0. The Morgan fingerprint density at radius 2 is 2.27 bits per heavy atom. The number of hydrogen-bond donors (Lipinski definition) is 0. The summed E-state index contributed by atoms with van der Waals surface area (Å²) in [6, 6.07) is 0. The highest BCUT2D eigenvalue weighted by molar-refractivity contribution is 4.80. The van der Waals surface area contributed by atoms with Crippen molar-refractivity contribution < 1.29 is 9.47 Å². The summed E-state index contributed by atoms with van der Waals surface area (Å²) in [4.78, 5) is 0. The minimum atomic E-state index is 0.0592. The summed E-state index contributed by atoms with van der Waals surface area (Å²) >= 11 is 0. The molecule has 1 aliphatic heterocycles. The maximum atomic E-state index is 5.82. The largest absolute Gasteiger partial charge is 0.353 e. The summed E-state index contributed by atoms with van der Waals surface area (Å²) < 4.78 is 11.4. The van der Waals surface area contributed by atoms with Gasteiger partial charge in [-0.2, -0.15) is 0 Å². The molecule has 2 atom stereocenters. The normalized spacial score (nSPS) is 24.5. The first-order valence-corrected chi connectivity index (χ1v) is 6.25. The lowest BCUT2D eigenvalue weighted by Crippen LogP contribution is -2.26. The number of allylic oxidation sites excluding steroid dienone is 2. The monoisotopic (exact) mass is 212 g/mol. The third-order valence-electron chi connectivity index (χ3n) is 2.66. The van der Waals surface area contributed by atoms with Crippen molar-refractivity contribution in [2.24, 2.45) is 0 Å². The van der Waals surface area contributed by atoms with E-state index in [0.29, 0.717) is 6.10 Å². The van der Waals surface area contributed by atoms with E-state index in [2.05, 4.69) is 26.0 Å². The van der Waals surface area contributed by atoms with E-state index in [9.17, 15) is 0 Å². The molecule has 0 amide bonds. The van der Waals surface area contributed by atoms with Crippen LogP contribution in [0.2, 0.25) is 0 Å². The second kappa shape index (κ2) is 7.89. The highest BCUT2D eigenvalue weighted by Crippen LogP contribution is 2.16. The van der Waals surface area contributed by atoms with Crippen LogP contribution < -0.4 is 0 Å². The van der Waals surface area contributed by atoms with E-state index in [4.69, 9.17) is 9.47 Å². The Morgan fingerprint density at radius 3 is 2.93 bits per heavy atom. The molecule has 15 heavy (non-hydrogen) atoms. The van der Waals surface area contributed by atoms with Crippen LogP contribution in [-0.4, -0.2) is 19.0 Å². The van der Waals surface area contributed by atoms with Crippen LogP contribution in [0.3, 0.4) is 0 Å². The fourth-order valence-electron chi connectivity index (χ4n) is 1.76. The first-order valence-electron chi connectivity index (χ1n) is 6.25. The molecule has 1 fully saturated rings. The topological polar surface area (TPSA) is 18.5 Å². The average molecular weight is 212 g/mol. The Bertz CT molecular complexity index is 171. The molecular formula is C13H24O2. The van der Waals surface area contributed by atoms with Gasteiger partial charge in [-0.3, -0.25) is 0 Å². The Balaban J connectivity index is 2.06. The third-order valence-corrected chi connectivity index (χ3v) is 2.66. The molecular weight excluding hydrogens is 188 g/mol. The van der Waals surface area contributed by atoms with Gasteiger partial charge in [-0.1, -0.05) is 19.1 Å². The van der Waals surface area contributed by atoms with Crippen LogP contribution >= 0.6 is 0 Å². The van der Waals surface area contributed by atoms with Gasteiger partial charge in [0, 0.05) is 6.61 Å². The quantitative estimate of drug-likeness (QED) is 0.625. The number of hydrogen-bond acceptors (Lipinski definition) is 2. The van der Waals surface area contributed by atoms with E-state index < -0.39 is 0 Å². The molecule has 2 nitrogen and oxygen atoms in total. The van der Waals surface area contributed by atoms with Crippen molar-refractivity contribution in [2.45, 2.75) is 64.8 Å². The molecule has 1 heterocycles. The molecule has 0 saturated carbocycles. The highest BCUT2D eigenvalue weighted by Gasteiger charge is 2.16. The third kappa shape index (κ3) is 5.95. The van der Waals surface area contributed by atoms with Crippen LogP contribution in [0.25, 0.3) is 0 Å². The van der Waals surface area contributed by atoms with Gasteiger partial charge in [-0.25, -0.2) is 0 Å². The Hall–Kier alpha value is -0.340. The second-order valence-electron chi connectivity index (χ2n) is 4.20. The molecule has 0 bridgehead atoms. The molecule has 2 unspecified atom stereocenters. The first-order chi connectivity index (χ1) is 7.33. The van der Waals surface area contributed by atoms with Crippen molar-refractivity contribution in [1.29, 1.82) is 0 Å². The Labute approximate surface area is 93.7 Å². The lowest BCUT2D eigenvalue weighted by Gasteiger charge is -2.25. The van der Waals surface area contributed by atoms with Crippen LogP contribution in [0.4, 0.5) is 0 Å². The van der Waals surface area contributed by atoms with E-state index >= 15 is 0 Å². The molecule has 2 heteroatoms. The Morgan fingerprint density at radius 1 is 1.40 bits per heavy atom. The van der Waals surface area contributed by atoms with E-state index in [1.54, 1.807) is 0 Å². The van der Waals surface area contributed by atoms with E-state index in [1.165, 1.54) is 12.8 Å².